The van der Waals surface area contributed by atoms with E-state index in [4.69, 9.17) is 9.94 Å². The van der Waals surface area contributed by atoms with Crippen LogP contribution in [0.5, 0.6) is 0 Å². The van der Waals surface area contributed by atoms with E-state index in [1.54, 1.807) is 12.2 Å². The van der Waals surface area contributed by atoms with Gasteiger partial charge in [-0.15, -0.1) is 0 Å². The van der Waals surface area contributed by atoms with E-state index in [0.29, 0.717) is 13.1 Å². The number of hydrogen-bond acceptors (Lipinski definition) is 3. The highest BCUT2D eigenvalue weighted by molar-refractivity contribution is 4.90. The Kier molecular flexibility index (Phi) is 5.20. The first-order valence-corrected chi connectivity index (χ1v) is 3.25. The predicted molar refractivity (Wildman–Crippen MR) is 40.5 cm³/mol. The first-order valence-electron chi connectivity index (χ1n) is 3.25. The van der Waals surface area contributed by atoms with Gasteiger partial charge in [-0.1, -0.05) is 12.2 Å². The second kappa shape index (κ2) is 5.41. The van der Waals surface area contributed by atoms with E-state index < -0.39 is 0 Å². The fourth-order valence-corrected chi connectivity index (χ4v) is 0.647. The van der Waals surface area contributed by atoms with Crippen LogP contribution in [0.15, 0.2) is 12.2 Å². The van der Waals surface area contributed by atoms with Gasteiger partial charge in [-0.3, -0.25) is 0 Å². The molecule has 10 heavy (non-hydrogen) atoms. The average Bonchev–Trinajstić information content (AvgIpc) is 1.86. The Morgan fingerprint density at radius 2 is 2.30 bits per heavy atom. The van der Waals surface area contributed by atoms with Crippen molar-refractivity contribution in [1.82, 2.24) is 5.06 Å². The summed E-state index contributed by atoms with van der Waals surface area (Å²) >= 11 is 0. The van der Waals surface area contributed by atoms with E-state index in [0.717, 1.165) is 5.57 Å². The van der Waals surface area contributed by atoms with E-state index in [9.17, 15) is 0 Å². The van der Waals surface area contributed by atoms with Gasteiger partial charge >= 0.3 is 0 Å². The van der Waals surface area contributed by atoms with Crippen LogP contribution in [0.1, 0.15) is 6.92 Å². The minimum absolute atomic E-state index is 0.112. The van der Waals surface area contributed by atoms with Crippen molar-refractivity contribution in [2.24, 2.45) is 0 Å². The molecule has 1 N–H and O–H groups in total. The standard InChI is InChI=1S/C7H15NO2/c1-7(2)6-8(10-3)4-5-9/h9H,1,4-6H2,2-3H3. The molecule has 0 atom stereocenters. The average molecular weight is 145 g/mol. The number of aliphatic hydroxyl groups excluding tert-OH is 1. The quantitative estimate of drug-likeness (QED) is 0.449. The number of hydroxylamine groups is 2. The molecule has 0 aromatic carbocycles. The van der Waals surface area contributed by atoms with Gasteiger partial charge in [0.1, 0.15) is 0 Å². The third kappa shape index (κ3) is 4.49. The molecule has 0 aromatic heterocycles. The number of rotatable bonds is 5. The van der Waals surface area contributed by atoms with Gasteiger partial charge in [0.2, 0.25) is 0 Å². The maximum Gasteiger partial charge on any atom is 0.0582 e. The smallest absolute Gasteiger partial charge is 0.0582 e. The molecule has 3 nitrogen and oxygen atoms in total. The fraction of sp³-hybridized carbons (Fsp3) is 0.714. The largest absolute Gasteiger partial charge is 0.395 e. The lowest BCUT2D eigenvalue weighted by molar-refractivity contribution is -0.129. The van der Waals surface area contributed by atoms with Crippen molar-refractivity contribution in [3.63, 3.8) is 0 Å². The molecule has 0 fully saturated rings. The normalized spacial score (nSPS) is 10.4. The van der Waals surface area contributed by atoms with E-state index in [1.807, 2.05) is 6.92 Å². The first kappa shape index (κ1) is 9.62. The van der Waals surface area contributed by atoms with Gasteiger partial charge in [-0.05, 0) is 6.92 Å². The molecule has 0 aliphatic carbocycles. The molecular weight excluding hydrogens is 130 g/mol. The Morgan fingerprint density at radius 1 is 1.70 bits per heavy atom. The Bertz CT molecular complexity index is 104. The minimum Gasteiger partial charge on any atom is -0.395 e. The third-order valence-corrected chi connectivity index (χ3v) is 1.05. The molecule has 0 aliphatic rings. The van der Waals surface area contributed by atoms with Gasteiger partial charge in [0.15, 0.2) is 0 Å². The van der Waals surface area contributed by atoms with Crippen LogP contribution in [0.25, 0.3) is 0 Å². The molecule has 0 heterocycles. The molecule has 60 valence electrons. The Balaban J connectivity index is 3.49. The van der Waals surface area contributed by atoms with Crippen molar-refractivity contribution >= 4 is 0 Å². The zero-order chi connectivity index (χ0) is 7.98. The van der Waals surface area contributed by atoms with E-state index >= 15 is 0 Å². The minimum atomic E-state index is 0.112. The van der Waals surface area contributed by atoms with Crippen molar-refractivity contribution < 1.29 is 9.94 Å². The van der Waals surface area contributed by atoms with Gasteiger partial charge < -0.3 is 9.94 Å². The molecule has 3 heteroatoms. The molecule has 0 saturated carbocycles. The summed E-state index contributed by atoms with van der Waals surface area (Å²) in [7, 11) is 1.58. The topological polar surface area (TPSA) is 32.7 Å². The second-order valence-electron chi connectivity index (χ2n) is 2.23. The van der Waals surface area contributed by atoms with Gasteiger partial charge in [0, 0.05) is 13.1 Å². The Labute approximate surface area is 61.9 Å². The van der Waals surface area contributed by atoms with Crippen LogP contribution in [0, 0.1) is 0 Å². The van der Waals surface area contributed by atoms with Crippen LogP contribution in [-0.4, -0.2) is 37.0 Å². The second-order valence-corrected chi connectivity index (χ2v) is 2.23. The van der Waals surface area contributed by atoms with Crippen molar-refractivity contribution in [2.45, 2.75) is 6.92 Å². The summed E-state index contributed by atoms with van der Waals surface area (Å²) in [6.07, 6.45) is 0. The molecule has 0 rings (SSSR count). The van der Waals surface area contributed by atoms with Crippen LogP contribution >= 0.6 is 0 Å². The summed E-state index contributed by atoms with van der Waals surface area (Å²) in [5, 5.41) is 10.2. The van der Waals surface area contributed by atoms with Gasteiger partial charge in [0.25, 0.3) is 0 Å². The third-order valence-electron chi connectivity index (χ3n) is 1.05. The van der Waals surface area contributed by atoms with Crippen LogP contribution in [-0.2, 0) is 4.84 Å². The lowest BCUT2D eigenvalue weighted by Gasteiger charge is -2.17. The summed E-state index contributed by atoms with van der Waals surface area (Å²) in [6, 6.07) is 0. The number of aliphatic hydroxyl groups is 1. The first-order chi connectivity index (χ1) is 4.70. The highest BCUT2D eigenvalue weighted by Gasteiger charge is 2.00. The lowest BCUT2D eigenvalue weighted by Crippen LogP contribution is -2.27. The summed E-state index contributed by atoms with van der Waals surface area (Å²) in [6.45, 7) is 6.96. The summed E-state index contributed by atoms with van der Waals surface area (Å²) in [5.74, 6) is 0. The Morgan fingerprint density at radius 3 is 2.60 bits per heavy atom. The SMILES string of the molecule is C=C(C)CN(CCO)OC. The van der Waals surface area contributed by atoms with E-state index in [1.165, 1.54) is 0 Å². The molecule has 0 bridgehead atoms. The molecule has 0 unspecified atom stereocenters. The van der Waals surface area contributed by atoms with Gasteiger partial charge in [0.05, 0.1) is 13.7 Å². The Hall–Kier alpha value is -0.380. The van der Waals surface area contributed by atoms with Gasteiger partial charge in [-0.2, -0.15) is 5.06 Å². The van der Waals surface area contributed by atoms with Gasteiger partial charge in [-0.25, -0.2) is 0 Å². The highest BCUT2D eigenvalue weighted by atomic mass is 16.7. The van der Waals surface area contributed by atoms with Crippen LogP contribution in [0.3, 0.4) is 0 Å². The molecule has 0 aromatic rings. The maximum atomic E-state index is 8.53. The van der Waals surface area contributed by atoms with E-state index in [2.05, 4.69) is 6.58 Å². The zero-order valence-corrected chi connectivity index (χ0v) is 6.63. The number of hydrogen-bond donors (Lipinski definition) is 1. The zero-order valence-electron chi connectivity index (χ0n) is 6.63. The van der Waals surface area contributed by atoms with Crippen molar-refractivity contribution in [2.75, 3.05) is 26.8 Å². The predicted octanol–water partition coefficient (Wildman–Crippen LogP) is 0.418. The van der Waals surface area contributed by atoms with Crippen molar-refractivity contribution in [3.8, 4) is 0 Å². The monoisotopic (exact) mass is 145 g/mol. The van der Waals surface area contributed by atoms with Crippen LogP contribution in [0.2, 0.25) is 0 Å². The summed E-state index contributed by atoms with van der Waals surface area (Å²) in [5.41, 5.74) is 1.02. The molecule has 0 spiro atoms. The fourth-order valence-electron chi connectivity index (χ4n) is 0.647. The molecule has 0 radical (unpaired) electrons. The molecule has 0 saturated heterocycles. The van der Waals surface area contributed by atoms with Crippen LogP contribution in [0.4, 0.5) is 0 Å². The number of nitrogens with zero attached hydrogens (tertiary/aromatic N) is 1. The van der Waals surface area contributed by atoms with Crippen LogP contribution < -0.4 is 0 Å². The maximum absolute atomic E-state index is 8.53. The van der Waals surface area contributed by atoms with Crippen molar-refractivity contribution in [3.05, 3.63) is 12.2 Å². The lowest BCUT2D eigenvalue weighted by atomic mass is 10.3. The van der Waals surface area contributed by atoms with E-state index in [-0.39, 0.29) is 6.61 Å². The summed E-state index contributed by atoms with van der Waals surface area (Å²) in [4.78, 5) is 4.91. The molecule has 0 amide bonds. The highest BCUT2D eigenvalue weighted by Crippen LogP contribution is 1.93. The van der Waals surface area contributed by atoms with Crippen molar-refractivity contribution in [1.29, 1.82) is 0 Å². The summed E-state index contributed by atoms with van der Waals surface area (Å²) < 4.78 is 0. The molecule has 0 aliphatic heterocycles. The molecular formula is C7H15NO2.